The highest BCUT2D eigenvalue weighted by molar-refractivity contribution is 5.82. The monoisotopic (exact) mass is 207 g/mol. The van der Waals surface area contributed by atoms with Crippen molar-refractivity contribution in [1.29, 1.82) is 0 Å². The third-order valence-corrected chi connectivity index (χ3v) is 1.78. The maximum absolute atomic E-state index is 10.3. The van der Waals surface area contributed by atoms with Crippen molar-refractivity contribution in [3.63, 3.8) is 0 Å². The molecule has 1 heterocycles. The molecule has 0 aromatic heterocycles. The predicted octanol–water partition coefficient (Wildman–Crippen LogP) is 0.417. The quantitative estimate of drug-likeness (QED) is 0.544. The van der Waals surface area contributed by atoms with Gasteiger partial charge in [0.1, 0.15) is 0 Å². The molecule has 0 aliphatic carbocycles. The number of hydrazone groups is 1. The molecule has 0 spiro atoms. The molecule has 1 aliphatic heterocycles. The van der Waals surface area contributed by atoms with E-state index in [9.17, 15) is 4.79 Å². The van der Waals surface area contributed by atoms with Gasteiger partial charge in [0.15, 0.2) is 11.5 Å². The number of urea groups is 1. The molecule has 0 saturated carbocycles. The summed E-state index contributed by atoms with van der Waals surface area (Å²) in [5, 5.41) is 3.62. The van der Waals surface area contributed by atoms with Gasteiger partial charge in [-0.2, -0.15) is 5.10 Å². The second-order valence-electron chi connectivity index (χ2n) is 2.85. The molecule has 1 aromatic rings. The molecule has 0 radical (unpaired) electrons. The highest BCUT2D eigenvalue weighted by atomic mass is 16.7. The fourth-order valence-corrected chi connectivity index (χ4v) is 1.16. The van der Waals surface area contributed by atoms with E-state index in [1.54, 1.807) is 18.2 Å². The van der Waals surface area contributed by atoms with Gasteiger partial charge < -0.3 is 15.2 Å². The molecular weight excluding hydrogens is 198 g/mol. The van der Waals surface area contributed by atoms with Crippen LogP contribution in [-0.2, 0) is 0 Å². The molecule has 0 atom stereocenters. The predicted molar refractivity (Wildman–Crippen MR) is 52.9 cm³/mol. The fourth-order valence-electron chi connectivity index (χ4n) is 1.16. The molecular formula is C9H9N3O3. The standard InChI is InChI=1S/C9H9N3O3/c10-9(13)12-11-4-6-1-2-7-8(3-6)15-5-14-7/h1-4H,5H2,(H3,10,12,13)/b11-4-. The Hall–Kier alpha value is -2.24. The molecule has 1 aliphatic rings. The van der Waals surface area contributed by atoms with Crippen molar-refractivity contribution in [3.8, 4) is 11.5 Å². The number of hydrogen-bond acceptors (Lipinski definition) is 4. The molecule has 15 heavy (non-hydrogen) atoms. The van der Waals surface area contributed by atoms with E-state index in [4.69, 9.17) is 15.2 Å². The van der Waals surface area contributed by atoms with Gasteiger partial charge in [0.05, 0.1) is 6.21 Å². The first kappa shape index (κ1) is 9.32. The highest BCUT2D eigenvalue weighted by Gasteiger charge is 2.12. The van der Waals surface area contributed by atoms with Gasteiger partial charge in [0, 0.05) is 0 Å². The van der Waals surface area contributed by atoms with E-state index in [0.717, 1.165) is 5.56 Å². The number of ether oxygens (including phenoxy) is 2. The summed E-state index contributed by atoms with van der Waals surface area (Å²) in [7, 11) is 0. The lowest BCUT2D eigenvalue weighted by Crippen LogP contribution is -2.24. The van der Waals surface area contributed by atoms with Gasteiger partial charge in [-0.3, -0.25) is 0 Å². The molecule has 3 N–H and O–H groups in total. The molecule has 1 aromatic carbocycles. The van der Waals surface area contributed by atoms with Crippen molar-refractivity contribution in [1.82, 2.24) is 5.43 Å². The summed E-state index contributed by atoms with van der Waals surface area (Å²) in [5.41, 5.74) is 7.72. The molecule has 0 bridgehead atoms. The zero-order valence-electron chi connectivity index (χ0n) is 7.77. The topological polar surface area (TPSA) is 85.9 Å². The van der Waals surface area contributed by atoms with Gasteiger partial charge in [-0.1, -0.05) is 0 Å². The van der Waals surface area contributed by atoms with Crippen molar-refractivity contribution in [2.45, 2.75) is 0 Å². The minimum absolute atomic E-state index is 0.232. The van der Waals surface area contributed by atoms with Gasteiger partial charge in [-0.05, 0) is 23.8 Å². The first-order valence-corrected chi connectivity index (χ1v) is 4.24. The lowest BCUT2D eigenvalue weighted by atomic mass is 10.2. The highest BCUT2D eigenvalue weighted by Crippen LogP contribution is 2.31. The van der Waals surface area contributed by atoms with Crippen LogP contribution >= 0.6 is 0 Å². The van der Waals surface area contributed by atoms with Crippen molar-refractivity contribution < 1.29 is 14.3 Å². The Kier molecular flexibility index (Phi) is 2.40. The third kappa shape index (κ3) is 2.16. The van der Waals surface area contributed by atoms with E-state index in [1.165, 1.54) is 6.21 Å². The van der Waals surface area contributed by atoms with Gasteiger partial charge >= 0.3 is 6.03 Å². The minimum atomic E-state index is -0.702. The Balaban J connectivity index is 2.10. The van der Waals surface area contributed by atoms with Gasteiger partial charge in [0.25, 0.3) is 0 Å². The summed E-state index contributed by atoms with van der Waals surface area (Å²) < 4.78 is 10.3. The number of carbonyl (C=O) groups is 1. The number of carbonyl (C=O) groups excluding carboxylic acids is 1. The SMILES string of the molecule is NC(=O)N/N=C\c1ccc2c(c1)OCO2. The van der Waals surface area contributed by atoms with Gasteiger partial charge in [-0.25, -0.2) is 10.2 Å². The molecule has 6 nitrogen and oxygen atoms in total. The van der Waals surface area contributed by atoms with E-state index in [2.05, 4.69) is 10.5 Å². The summed E-state index contributed by atoms with van der Waals surface area (Å²) in [6, 6.07) is 4.62. The second-order valence-corrected chi connectivity index (χ2v) is 2.85. The maximum Gasteiger partial charge on any atom is 0.332 e. The van der Waals surface area contributed by atoms with E-state index in [-0.39, 0.29) is 6.79 Å². The Morgan fingerprint density at radius 1 is 1.47 bits per heavy atom. The number of nitrogens with one attached hydrogen (secondary N) is 1. The lowest BCUT2D eigenvalue weighted by Gasteiger charge is -1.97. The number of nitrogens with zero attached hydrogens (tertiary/aromatic N) is 1. The Morgan fingerprint density at radius 3 is 3.07 bits per heavy atom. The molecule has 2 rings (SSSR count). The van der Waals surface area contributed by atoms with Gasteiger partial charge in [0.2, 0.25) is 6.79 Å². The average molecular weight is 207 g/mol. The summed E-state index contributed by atoms with van der Waals surface area (Å²) in [6.07, 6.45) is 1.46. The first-order valence-electron chi connectivity index (χ1n) is 4.24. The summed E-state index contributed by atoms with van der Waals surface area (Å²) >= 11 is 0. The smallest absolute Gasteiger partial charge is 0.332 e. The van der Waals surface area contributed by atoms with Crippen molar-refractivity contribution in [2.24, 2.45) is 10.8 Å². The maximum atomic E-state index is 10.3. The fraction of sp³-hybridized carbons (Fsp3) is 0.111. The summed E-state index contributed by atoms with van der Waals surface area (Å²) in [5.74, 6) is 1.37. The zero-order valence-corrected chi connectivity index (χ0v) is 7.77. The van der Waals surface area contributed by atoms with Crippen LogP contribution < -0.4 is 20.6 Å². The van der Waals surface area contributed by atoms with Crippen LogP contribution in [-0.4, -0.2) is 19.0 Å². The van der Waals surface area contributed by atoms with Crippen LogP contribution in [0, 0.1) is 0 Å². The molecule has 6 heteroatoms. The number of rotatable bonds is 2. The molecule has 2 amide bonds. The second kappa shape index (κ2) is 3.87. The number of fused-ring (bicyclic) bond motifs is 1. The summed E-state index contributed by atoms with van der Waals surface area (Å²) in [6.45, 7) is 0.232. The number of benzene rings is 1. The van der Waals surface area contributed by atoms with E-state index < -0.39 is 6.03 Å². The van der Waals surface area contributed by atoms with Crippen LogP contribution in [0.3, 0.4) is 0 Å². The number of nitrogens with two attached hydrogens (primary N) is 1. The molecule has 0 saturated heterocycles. The molecule has 0 fully saturated rings. The van der Waals surface area contributed by atoms with Crippen molar-refractivity contribution in [3.05, 3.63) is 23.8 Å². The minimum Gasteiger partial charge on any atom is -0.454 e. The molecule has 78 valence electrons. The van der Waals surface area contributed by atoms with Crippen LogP contribution in [0.4, 0.5) is 4.79 Å². The van der Waals surface area contributed by atoms with Crippen LogP contribution in [0.25, 0.3) is 0 Å². The third-order valence-electron chi connectivity index (χ3n) is 1.78. The number of amides is 2. The van der Waals surface area contributed by atoms with Crippen molar-refractivity contribution >= 4 is 12.2 Å². The van der Waals surface area contributed by atoms with E-state index >= 15 is 0 Å². The number of primary amides is 1. The normalized spacial score (nSPS) is 13.1. The average Bonchev–Trinajstić information content (AvgIpc) is 2.64. The van der Waals surface area contributed by atoms with E-state index in [0.29, 0.717) is 11.5 Å². The Bertz CT molecular complexity index is 417. The lowest BCUT2D eigenvalue weighted by molar-refractivity contribution is 0.174. The zero-order chi connectivity index (χ0) is 10.7. The summed E-state index contributed by atoms with van der Waals surface area (Å²) in [4.78, 5) is 10.3. The molecule has 0 unspecified atom stereocenters. The Labute approximate surface area is 85.7 Å². The van der Waals surface area contributed by atoms with Gasteiger partial charge in [-0.15, -0.1) is 0 Å². The largest absolute Gasteiger partial charge is 0.454 e. The Morgan fingerprint density at radius 2 is 2.27 bits per heavy atom. The van der Waals surface area contributed by atoms with E-state index in [1.807, 2.05) is 0 Å². The van der Waals surface area contributed by atoms with Crippen molar-refractivity contribution in [2.75, 3.05) is 6.79 Å². The first-order chi connectivity index (χ1) is 7.25. The van der Waals surface area contributed by atoms with Crippen LogP contribution in [0.15, 0.2) is 23.3 Å². The number of hydrogen-bond donors (Lipinski definition) is 2. The van der Waals surface area contributed by atoms with Crippen LogP contribution in [0.2, 0.25) is 0 Å². The van der Waals surface area contributed by atoms with Crippen LogP contribution in [0.5, 0.6) is 11.5 Å². The van der Waals surface area contributed by atoms with Crippen LogP contribution in [0.1, 0.15) is 5.56 Å².